The minimum Gasteiger partial charge on any atom is -0.392 e. The Kier molecular flexibility index (Phi) is 6.39. The third-order valence-corrected chi connectivity index (χ3v) is 5.64. The molecule has 0 saturated heterocycles. The van der Waals surface area contributed by atoms with Gasteiger partial charge < -0.3 is 15.7 Å². The highest BCUT2D eigenvalue weighted by atomic mass is 19.4. The predicted octanol–water partition coefficient (Wildman–Crippen LogP) is 3.21. The Bertz CT molecular complexity index is 441. The van der Waals surface area contributed by atoms with Crippen molar-refractivity contribution in [2.45, 2.75) is 76.6 Å². The normalized spacial score (nSPS) is 35.6. The molecule has 0 amide bonds. The molecule has 2 aliphatic rings. The summed E-state index contributed by atoms with van der Waals surface area (Å²) in [5.41, 5.74) is -0.211. The van der Waals surface area contributed by atoms with Crippen LogP contribution in [0.25, 0.3) is 0 Å². The zero-order valence-corrected chi connectivity index (χ0v) is 14.6. The molecule has 2 aliphatic carbocycles. The van der Waals surface area contributed by atoms with E-state index in [9.17, 15) is 18.3 Å². The monoisotopic (exact) mass is 349 g/mol. The first-order valence-electron chi connectivity index (χ1n) is 8.96. The summed E-state index contributed by atoms with van der Waals surface area (Å²) in [6.07, 6.45) is 1.06. The molecule has 0 heterocycles. The predicted molar refractivity (Wildman–Crippen MR) is 88.9 cm³/mol. The number of rotatable bonds is 3. The molecule has 2 rings (SSSR count). The summed E-state index contributed by atoms with van der Waals surface area (Å²) < 4.78 is 38.8. The van der Waals surface area contributed by atoms with E-state index in [1.54, 1.807) is 7.05 Å². The van der Waals surface area contributed by atoms with Crippen molar-refractivity contribution in [1.82, 2.24) is 10.6 Å². The summed E-state index contributed by atoms with van der Waals surface area (Å²) >= 11 is 0. The van der Waals surface area contributed by atoms with Crippen molar-refractivity contribution in [3.8, 4) is 0 Å². The van der Waals surface area contributed by atoms with Crippen LogP contribution in [0.3, 0.4) is 0 Å². The summed E-state index contributed by atoms with van der Waals surface area (Å²) in [4.78, 5) is 4.14. The standard InChI is InChI=1S/C17H30F3N3O/c1-16(9-4-3-8-14(16)24)11-22-15(21-2)23-13-7-5-6-12(10-13)17(18,19)20/h12-14,24H,3-11H2,1-2H3,(H2,21,22,23). The SMILES string of the molecule is CN=C(NCC1(C)CCCCC1O)NC1CCCC(C(F)(F)F)C1. The first-order valence-corrected chi connectivity index (χ1v) is 8.96. The van der Waals surface area contributed by atoms with Crippen molar-refractivity contribution in [3.05, 3.63) is 0 Å². The molecule has 0 spiro atoms. The van der Waals surface area contributed by atoms with Crippen molar-refractivity contribution in [1.29, 1.82) is 0 Å². The summed E-state index contributed by atoms with van der Waals surface area (Å²) in [7, 11) is 1.62. The Morgan fingerprint density at radius 2 is 1.96 bits per heavy atom. The van der Waals surface area contributed by atoms with Crippen LogP contribution in [0.5, 0.6) is 0 Å². The third kappa shape index (κ3) is 5.01. The molecule has 24 heavy (non-hydrogen) atoms. The van der Waals surface area contributed by atoms with Crippen LogP contribution in [0.15, 0.2) is 4.99 Å². The number of aliphatic imine (C=N–C) groups is 1. The molecule has 140 valence electrons. The zero-order chi connectivity index (χ0) is 17.8. The number of aliphatic hydroxyl groups is 1. The average Bonchev–Trinajstić information content (AvgIpc) is 2.54. The quantitative estimate of drug-likeness (QED) is 0.542. The Morgan fingerprint density at radius 3 is 2.58 bits per heavy atom. The first-order chi connectivity index (χ1) is 11.2. The summed E-state index contributed by atoms with van der Waals surface area (Å²) in [5, 5.41) is 16.6. The van der Waals surface area contributed by atoms with Crippen molar-refractivity contribution in [3.63, 3.8) is 0 Å². The van der Waals surface area contributed by atoms with E-state index in [1.165, 1.54) is 0 Å². The van der Waals surface area contributed by atoms with Gasteiger partial charge in [-0.3, -0.25) is 4.99 Å². The van der Waals surface area contributed by atoms with Crippen molar-refractivity contribution < 1.29 is 18.3 Å². The summed E-state index contributed by atoms with van der Waals surface area (Å²) in [5.74, 6) is -0.693. The second kappa shape index (κ2) is 7.93. The fourth-order valence-corrected chi connectivity index (χ4v) is 3.88. The van der Waals surface area contributed by atoms with Crippen LogP contribution in [0.4, 0.5) is 13.2 Å². The Hall–Kier alpha value is -0.980. The molecule has 2 saturated carbocycles. The second-order valence-electron chi connectivity index (χ2n) is 7.59. The minimum atomic E-state index is -4.11. The van der Waals surface area contributed by atoms with Gasteiger partial charge in [-0.1, -0.05) is 26.2 Å². The maximum absolute atomic E-state index is 12.9. The lowest BCUT2D eigenvalue weighted by atomic mass is 9.73. The van der Waals surface area contributed by atoms with Crippen molar-refractivity contribution >= 4 is 5.96 Å². The average molecular weight is 349 g/mol. The number of nitrogens with zero attached hydrogens (tertiary/aromatic N) is 1. The molecule has 0 aromatic heterocycles. The van der Waals surface area contributed by atoms with Crippen LogP contribution < -0.4 is 10.6 Å². The van der Waals surface area contributed by atoms with E-state index in [-0.39, 0.29) is 30.4 Å². The minimum absolute atomic E-state index is 0.101. The lowest BCUT2D eigenvalue weighted by Crippen LogP contribution is -2.51. The van der Waals surface area contributed by atoms with Gasteiger partial charge in [0.25, 0.3) is 0 Å². The molecule has 4 unspecified atom stereocenters. The topological polar surface area (TPSA) is 56.7 Å². The van der Waals surface area contributed by atoms with Gasteiger partial charge in [0, 0.05) is 25.0 Å². The van der Waals surface area contributed by atoms with Gasteiger partial charge in [0.1, 0.15) is 0 Å². The molecule has 0 bridgehead atoms. The van der Waals surface area contributed by atoms with Crippen LogP contribution in [0, 0.1) is 11.3 Å². The maximum atomic E-state index is 12.9. The van der Waals surface area contributed by atoms with Gasteiger partial charge in [0.15, 0.2) is 5.96 Å². The van der Waals surface area contributed by atoms with Crippen LogP contribution in [0.2, 0.25) is 0 Å². The zero-order valence-electron chi connectivity index (χ0n) is 14.6. The lowest BCUT2D eigenvalue weighted by Gasteiger charge is -2.39. The Morgan fingerprint density at radius 1 is 1.21 bits per heavy atom. The molecule has 0 aromatic rings. The second-order valence-corrected chi connectivity index (χ2v) is 7.59. The molecular weight excluding hydrogens is 319 g/mol. The molecule has 0 aliphatic heterocycles. The van der Waals surface area contributed by atoms with E-state index in [1.807, 2.05) is 0 Å². The summed E-state index contributed by atoms with van der Waals surface area (Å²) in [6.45, 7) is 2.63. The number of halogens is 3. The van der Waals surface area contributed by atoms with Gasteiger partial charge in [-0.2, -0.15) is 13.2 Å². The highest BCUT2D eigenvalue weighted by Crippen LogP contribution is 2.38. The van der Waals surface area contributed by atoms with Gasteiger partial charge in [-0.25, -0.2) is 0 Å². The molecule has 2 fully saturated rings. The number of alkyl halides is 3. The number of guanidine groups is 1. The van der Waals surface area contributed by atoms with E-state index in [0.29, 0.717) is 18.9 Å². The molecule has 0 aromatic carbocycles. The smallest absolute Gasteiger partial charge is 0.391 e. The fourth-order valence-electron chi connectivity index (χ4n) is 3.88. The maximum Gasteiger partial charge on any atom is 0.391 e. The van der Waals surface area contributed by atoms with Gasteiger partial charge in [-0.15, -0.1) is 0 Å². The fraction of sp³-hybridized carbons (Fsp3) is 0.941. The van der Waals surface area contributed by atoms with Gasteiger partial charge in [-0.05, 0) is 32.1 Å². The first kappa shape index (κ1) is 19.3. The molecule has 3 N–H and O–H groups in total. The summed E-state index contributed by atoms with van der Waals surface area (Å²) in [6, 6.07) is -0.208. The van der Waals surface area contributed by atoms with Crippen LogP contribution in [-0.4, -0.2) is 43.0 Å². The Labute approximate surface area is 142 Å². The number of hydrogen-bond acceptors (Lipinski definition) is 2. The molecule has 7 heteroatoms. The van der Waals surface area contributed by atoms with Gasteiger partial charge in [0.2, 0.25) is 0 Å². The molecular formula is C17H30F3N3O. The van der Waals surface area contributed by atoms with Crippen LogP contribution in [-0.2, 0) is 0 Å². The molecule has 0 radical (unpaired) electrons. The molecule has 4 atom stereocenters. The highest BCUT2D eigenvalue weighted by Gasteiger charge is 2.42. The highest BCUT2D eigenvalue weighted by molar-refractivity contribution is 5.80. The number of aliphatic hydroxyl groups excluding tert-OH is 1. The van der Waals surface area contributed by atoms with Gasteiger partial charge >= 0.3 is 6.18 Å². The third-order valence-electron chi connectivity index (χ3n) is 5.64. The van der Waals surface area contributed by atoms with E-state index in [4.69, 9.17) is 0 Å². The van der Waals surface area contributed by atoms with E-state index >= 15 is 0 Å². The largest absolute Gasteiger partial charge is 0.392 e. The van der Waals surface area contributed by atoms with Crippen molar-refractivity contribution in [2.75, 3.05) is 13.6 Å². The van der Waals surface area contributed by atoms with Gasteiger partial charge in [0.05, 0.1) is 12.0 Å². The van der Waals surface area contributed by atoms with Crippen molar-refractivity contribution in [2.24, 2.45) is 16.3 Å². The molecule has 4 nitrogen and oxygen atoms in total. The number of nitrogens with one attached hydrogen (secondary N) is 2. The lowest BCUT2D eigenvalue weighted by molar-refractivity contribution is -0.183. The van der Waals surface area contributed by atoms with E-state index in [0.717, 1.165) is 32.1 Å². The van der Waals surface area contributed by atoms with Crippen LogP contribution in [0.1, 0.15) is 58.3 Å². The van der Waals surface area contributed by atoms with E-state index < -0.39 is 12.1 Å². The number of hydrogen-bond donors (Lipinski definition) is 3. The Balaban J connectivity index is 1.86. The van der Waals surface area contributed by atoms with E-state index in [2.05, 4.69) is 22.5 Å². The van der Waals surface area contributed by atoms with Crippen LogP contribution >= 0.6 is 0 Å².